The first kappa shape index (κ1) is 36.0. The standard InChI is InChI=1S/C34H32BrClF3N3O4S/c1-23(2)40-33(44)31(19-24-9-5-3-6-10-24)41(21-25-13-16-27(35)17-14-25)32(43)22-42(47(45,46)28-11-7-4-8-12-28)30-20-26(34(37,38)39)15-18-29(30)36/h3-18,20,23,31H,19,21-22H2,1-2H3,(H,40,44)/t31-/m0/s1. The monoisotopic (exact) mass is 749 g/mol. The predicted octanol–water partition coefficient (Wildman–Crippen LogP) is 7.48. The molecule has 0 saturated heterocycles. The molecule has 4 rings (SSSR count). The Labute approximate surface area is 285 Å². The molecule has 0 aliphatic rings. The maximum atomic E-state index is 14.5. The fourth-order valence-electron chi connectivity index (χ4n) is 4.83. The van der Waals surface area contributed by atoms with Crippen LogP contribution in [0.3, 0.4) is 0 Å². The number of carbonyl (C=O) groups is 2. The second-order valence-corrected chi connectivity index (χ2v) is 14.2. The van der Waals surface area contributed by atoms with E-state index in [2.05, 4.69) is 21.2 Å². The number of rotatable bonds is 12. The minimum atomic E-state index is -4.82. The van der Waals surface area contributed by atoms with Gasteiger partial charge in [0.1, 0.15) is 12.6 Å². The lowest BCUT2D eigenvalue weighted by Crippen LogP contribution is -2.54. The Balaban J connectivity index is 1.87. The molecular formula is C34H32BrClF3N3O4S. The van der Waals surface area contributed by atoms with Crippen LogP contribution in [-0.2, 0) is 38.8 Å². The lowest BCUT2D eigenvalue weighted by atomic mass is 10.0. The average Bonchev–Trinajstić information content (AvgIpc) is 3.02. The van der Waals surface area contributed by atoms with E-state index in [-0.39, 0.29) is 28.9 Å². The summed E-state index contributed by atoms with van der Waals surface area (Å²) in [6.45, 7) is 2.48. The van der Waals surface area contributed by atoms with E-state index in [4.69, 9.17) is 11.6 Å². The van der Waals surface area contributed by atoms with Crippen LogP contribution in [0.4, 0.5) is 18.9 Å². The molecule has 0 spiro atoms. The molecule has 2 amide bonds. The quantitative estimate of drug-likeness (QED) is 0.163. The summed E-state index contributed by atoms with van der Waals surface area (Å²) in [6.07, 6.45) is -4.74. The third kappa shape index (κ3) is 9.36. The molecule has 1 atom stereocenters. The van der Waals surface area contributed by atoms with Crippen molar-refractivity contribution < 1.29 is 31.2 Å². The van der Waals surface area contributed by atoms with Crippen molar-refractivity contribution in [3.05, 3.63) is 129 Å². The van der Waals surface area contributed by atoms with Crippen molar-refractivity contribution in [2.45, 2.75) is 50.0 Å². The van der Waals surface area contributed by atoms with Gasteiger partial charge in [-0.15, -0.1) is 0 Å². The zero-order chi connectivity index (χ0) is 34.4. The third-order valence-corrected chi connectivity index (χ3v) is 9.74. The highest BCUT2D eigenvalue weighted by Crippen LogP contribution is 2.37. The second kappa shape index (κ2) is 15.4. The van der Waals surface area contributed by atoms with Gasteiger partial charge in [-0.25, -0.2) is 8.42 Å². The summed E-state index contributed by atoms with van der Waals surface area (Å²) in [5.74, 6) is -1.32. The van der Waals surface area contributed by atoms with E-state index < -0.39 is 51.9 Å². The number of amides is 2. The maximum absolute atomic E-state index is 14.5. The van der Waals surface area contributed by atoms with Gasteiger partial charge in [-0.1, -0.05) is 88.2 Å². The Morgan fingerprint density at radius 3 is 2.04 bits per heavy atom. The molecule has 248 valence electrons. The molecule has 7 nitrogen and oxygen atoms in total. The number of hydrogen-bond acceptors (Lipinski definition) is 4. The first-order valence-corrected chi connectivity index (χ1v) is 17.1. The zero-order valence-corrected chi connectivity index (χ0v) is 28.6. The van der Waals surface area contributed by atoms with E-state index in [9.17, 15) is 31.2 Å². The minimum Gasteiger partial charge on any atom is -0.352 e. The number of nitrogens with one attached hydrogen (secondary N) is 1. The second-order valence-electron chi connectivity index (χ2n) is 11.0. The van der Waals surface area contributed by atoms with Crippen LogP contribution in [0.15, 0.2) is 112 Å². The number of anilines is 1. The number of benzene rings is 4. The molecule has 4 aromatic carbocycles. The molecule has 0 aromatic heterocycles. The smallest absolute Gasteiger partial charge is 0.352 e. The van der Waals surface area contributed by atoms with Crippen LogP contribution >= 0.6 is 27.5 Å². The van der Waals surface area contributed by atoms with E-state index in [1.165, 1.54) is 29.2 Å². The van der Waals surface area contributed by atoms with Gasteiger partial charge in [0.25, 0.3) is 10.0 Å². The molecule has 0 unspecified atom stereocenters. The van der Waals surface area contributed by atoms with Crippen molar-refractivity contribution in [2.75, 3.05) is 10.8 Å². The van der Waals surface area contributed by atoms with Crippen LogP contribution in [0.5, 0.6) is 0 Å². The molecule has 0 radical (unpaired) electrons. The normalized spacial score (nSPS) is 12.4. The van der Waals surface area contributed by atoms with Crippen molar-refractivity contribution in [1.82, 2.24) is 10.2 Å². The van der Waals surface area contributed by atoms with Crippen LogP contribution in [0.25, 0.3) is 0 Å². The van der Waals surface area contributed by atoms with Crippen molar-refractivity contribution in [3.8, 4) is 0 Å². The number of hydrogen-bond donors (Lipinski definition) is 1. The molecule has 0 saturated carbocycles. The minimum absolute atomic E-state index is 0.0808. The molecule has 0 fully saturated rings. The van der Waals surface area contributed by atoms with Gasteiger partial charge < -0.3 is 10.2 Å². The number of carbonyl (C=O) groups excluding carboxylic acids is 2. The number of alkyl halides is 3. The Bertz CT molecular complexity index is 1790. The first-order chi connectivity index (χ1) is 22.2. The van der Waals surface area contributed by atoms with Crippen molar-refractivity contribution in [2.24, 2.45) is 0 Å². The van der Waals surface area contributed by atoms with Crippen LogP contribution in [-0.4, -0.2) is 43.8 Å². The third-order valence-electron chi connectivity index (χ3n) is 7.12. The van der Waals surface area contributed by atoms with E-state index >= 15 is 0 Å². The van der Waals surface area contributed by atoms with Gasteiger partial charge >= 0.3 is 6.18 Å². The lowest BCUT2D eigenvalue weighted by molar-refractivity contribution is -0.140. The molecular weight excluding hydrogens is 719 g/mol. The SMILES string of the molecule is CC(C)NC(=O)[C@H](Cc1ccccc1)N(Cc1ccc(Br)cc1)C(=O)CN(c1cc(C(F)(F)F)ccc1Cl)S(=O)(=O)c1ccccc1. The van der Waals surface area contributed by atoms with Crippen molar-refractivity contribution in [3.63, 3.8) is 0 Å². The fraction of sp³-hybridized carbons (Fsp3) is 0.235. The van der Waals surface area contributed by atoms with Crippen molar-refractivity contribution >= 4 is 55.1 Å². The molecule has 47 heavy (non-hydrogen) atoms. The Morgan fingerprint density at radius 1 is 0.872 bits per heavy atom. The van der Waals surface area contributed by atoms with E-state index in [0.29, 0.717) is 15.9 Å². The van der Waals surface area contributed by atoms with Gasteiger partial charge in [0.15, 0.2) is 0 Å². The van der Waals surface area contributed by atoms with Crippen molar-refractivity contribution in [1.29, 1.82) is 0 Å². The van der Waals surface area contributed by atoms with Crippen LogP contribution in [0.2, 0.25) is 5.02 Å². The first-order valence-electron chi connectivity index (χ1n) is 14.5. The number of nitrogens with zero attached hydrogens (tertiary/aromatic N) is 2. The van der Waals surface area contributed by atoms with Crippen LogP contribution in [0, 0.1) is 0 Å². The highest BCUT2D eigenvalue weighted by molar-refractivity contribution is 9.10. The van der Waals surface area contributed by atoms with Gasteiger partial charge in [0.2, 0.25) is 11.8 Å². The topological polar surface area (TPSA) is 86.8 Å². The number of sulfonamides is 1. The summed E-state index contributed by atoms with van der Waals surface area (Å²) >= 11 is 9.74. The van der Waals surface area contributed by atoms with E-state index in [0.717, 1.165) is 22.2 Å². The Hall–Kier alpha value is -3.87. The van der Waals surface area contributed by atoms with Gasteiger partial charge in [-0.05, 0) is 67.4 Å². The maximum Gasteiger partial charge on any atom is 0.416 e. The van der Waals surface area contributed by atoms with Gasteiger partial charge in [-0.2, -0.15) is 13.2 Å². The molecule has 4 aromatic rings. The average molecular weight is 751 g/mol. The zero-order valence-electron chi connectivity index (χ0n) is 25.4. The molecule has 0 heterocycles. The van der Waals surface area contributed by atoms with Crippen LogP contribution in [0.1, 0.15) is 30.5 Å². The summed E-state index contributed by atoms with van der Waals surface area (Å²) in [4.78, 5) is 29.2. The summed E-state index contributed by atoms with van der Waals surface area (Å²) in [7, 11) is -4.64. The molecule has 1 N–H and O–H groups in total. The summed E-state index contributed by atoms with van der Waals surface area (Å²) in [5, 5.41) is 2.53. The van der Waals surface area contributed by atoms with Gasteiger partial charge in [-0.3, -0.25) is 13.9 Å². The number of halogens is 5. The van der Waals surface area contributed by atoms with Gasteiger partial charge in [0.05, 0.1) is 21.2 Å². The summed E-state index contributed by atoms with van der Waals surface area (Å²) in [5.41, 5.74) is -0.317. The molecule has 13 heteroatoms. The molecule has 0 aliphatic carbocycles. The largest absolute Gasteiger partial charge is 0.416 e. The summed E-state index contributed by atoms with van der Waals surface area (Å²) < 4.78 is 70.9. The Morgan fingerprint density at radius 2 is 1.47 bits per heavy atom. The highest BCUT2D eigenvalue weighted by Gasteiger charge is 2.37. The molecule has 0 aliphatic heterocycles. The highest BCUT2D eigenvalue weighted by atomic mass is 79.9. The predicted molar refractivity (Wildman–Crippen MR) is 179 cm³/mol. The van der Waals surface area contributed by atoms with E-state index in [1.54, 1.807) is 68.4 Å². The molecule has 0 bridgehead atoms. The lowest BCUT2D eigenvalue weighted by Gasteiger charge is -2.34. The van der Waals surface area contributed by atoms with E-state index in [1.807, 2.05) is 6.07 Å². The fourth-order valence-corrected chi connectivity index (χ4v) is 6.81. The van der Waals surface area contributed by atoms with Crippen LogP contribution < -0.4 is 9.62 Å². The summed E-state index contributed by atoms with van der Waals surface area (Å²) in [6, 6.07) is 23.9. The Kier molecular flexibility index (Phi) is 11.8. The van der Waals surface area contributed by atoms with Gasteiger partial charge in [0, 0.05) is 23.5 Å².